The molecule has 3 nitrogen and oxygen atoms in total. The number of rotatable bonds is 4. The van der Waals surface area contributed by atoms with Crippen LogP contribution >= 0.6 is 15.9 Å². The van der Waals surface area contributed by atoms with Crippen molar-refractivity contribution in [3.63, 3.8) is 0 Å². The highest BCUT2D eigenvalue weighted by Crippen LogP contribution is 2.28. The van der Waals surface area contributed by atoms with Crippen LogP contribution in [0.25, 0.3) is 0 Å². The van der Waals surface area contributed by atoms with E-state index in [-0.39, 0.29) is 6.79 Å². The summed E-state index contributed by atoms with van der Waals surface area (Å²) in [5.41, 5.74) is 0.747. The molecule has 0 bridgehead atoms. The molecule has 0 spiro atoms. The summed E-state index contributed by atoms with van der Waals surface area (Å²) in [5.74, 6) is 0.644. The van der Waals surface area contributed by atoms with Crippen molar-refractivity contribution >= 4 is 15.9 Å². The number of halogens is 1. The third-order valence-electron chi connectivity index (χ3n) is 1.75. The zero-order valence-corrected chi connectivity index (χ0v) is 9.74. The van der Waals surface area contributed by atoms with Crippen LogP contribution in [0.2, 0.25) is 0 Å². The van der Waals surface area contributed by atoms with Gasteiger partial charge in [0, 0.05) is 17.1 Å². The molecule has 0 saturated heterocycles. The van der Waals surface area contributed by atoms with E-state index in [4.69, 9.17) is 9.47 Å². The Kier molecular flexibility index (Phi) is 4.38. The number of methoxy groups -OCH3 is 1. The first-order valence-corrected chi connectivity index (χ1v) is 5.03. The molecule has 1 rings (SSSR count). The second-order valence-electron chi connectivity index (χ2n) is 2.91. The van der Waals surface area contributed by atoms with Gasteiger partial charge in [-0.1, -0.05) is 15.9 Å². The molecule has 0 radical (unpaired) electrons. The van der Waals surface area contributed by atoms with E-state index in [1.54, 1.807) is 20.1 Å². The normalized spacial score (nSPS) is 12.6. The van der Waals surface area contributed by atoms with E-state index in [0.29, 0.717) is 5.75 Å². The Hall–Kier alpha value is -0.580. The van der Waals surface area contributed by atoms with E-state index >= 15 is 0 Å². The van der Waals surface area contributed by atoms with E-state index in [1.807, 2.05) is 12.1 Å². The molecular formula is C10H13BrO3. The highest BCUT2D eigenvalue weighted by molar-refractivity contribution is 9.10. The molecule has 0 aliphatic carbocycles. The van der Waals surface area contributed by atoms with Crippen LogP contribution in [-0.4, -0.2) is 19.0 Å². The fourth-order valence-electron chi connectivity index (χ4n) is 1.10. The summed E-state index contributed by atoms with van der Waals surface area (Å²) in [5, 5.41) is 9.49. The van der Waals surface area contributed by atoms with Gasteiger partial charge in [0.05, 0.1) is 6.10 Å². The molecule has 0 aliphatic heterocycles. The molecule has 0 amide bonds. The summed E-state index contributed by atoms with van der Waals surface area (Å²) in [6, 6.07) is 5.48. The first-order valence-electron chi connectivity index (χ1n) is 4.24. The second kappa shape index (κ2) is 5.34. The Morgan fingerprint density at radius 3 is 2.79 bits per heavy atom. The fraction of sp³-hybridized carbons (Fsp3) is 0.400. The standard InChI is InChI=1S/C10H13BrO3/c1-7(12)9-5-8(11)3-4-10(9)14-6-13-2/h3-5,7,12H,6H2,1-2H3/t7-/m1/s1. The van der Waals surface area contributed by atoms with Gasteiger partial charge in [0.1, 0.15) is 5.75 Å². The third-order valence-corrected chi connectivity index (χ3v) is 2.25. The highest BCUT2D eigenvalue weighted by Gasteiger charge is 2.09. The van der Waals surface area contributed by atoms with Gasteiger partial charge in [0.15, 0.2) is 6.79 Å². The minimum absolute atomic E-state index is 0.182. The van der Waals surface area contributed by atoms with Gasteiger partial charge in [0.2, 0.25) is 0 Å². The first kappa shape index (κ1) is 11.5. The molecule has 0 aliphatic rings. The van der Waals surface area contributed by atoms with Crippen LogP contribution in [0, 0.1) is 0 Å². The number of hydrogen-bond donors (Lipinski definition) is 1. The zero-order chi connectivity index (χ0) is 10.6. The van der Waals surface area contributed by atoms with Crippen molar-refractivity contribution in [1.82, 2.24) is 0 Å². The van der Waals surface area contributed by atoms with Crippen molar-refractivity contribution in [2.45, 2.75) is 13.0 Å². The first-order chi connectivity index (χ1) is 6.65. The maximum atomic E-state index is 9.49. The number of aliphatic hydroxyl groups is 1. The lowest BCUT2D eigenvalue weighted by Gasteiger charge is -2.12. The van der Waals surface area contributed by atoms with Crippen LogP contribution in [0.3, 0.4) is 0 Å². The topological polar surface area (TPSA) is 38.7 Å². The Morgan fingerprint density at radius 2 is 2.21 bits per heavy atom. The fourth-order valence-corrected chi connectivity index (χ4v) is 1.48. The van der Waals surface area contributed by atoms with Gasteiger partial charge >= 0.3 is 0 Å². The molecule has 0 unspecified atom stereocenters. The summed E-state index contributed by atoms with van der Waals surface area (Å²) in [6.45, 7) is 1.88. The summed E-state index contributed by atoms with van der Waals surface area (Å²) in [4.78, 5) is 0. The van der Waals surface area contributed by atoms with Crippen molar-refractivity contribution in [1.29, 1.82) is 0 Å². The Morgan fingerprint density at radius 1 is 1.50 bits per heavy atom. The third kappa shape index (κ3) is 2.97. The molecule has 0 aromatic heterocycles. The Labute approximate surface area is 91.8 Å². The quantitative estimate of drug-likeness (QED) is 0.846. The van der Waals surface area contributed by atoms with Crippen molar-refractivity contribution in [2.75, 3.05) is 13.9 Å². The summed E-state index contributed by atoms with van der Waals surface area (Å²) < 4.78 is 11.0. The van der Waals surface area contributed by atoms with E-state index < -0.39 is 6.10 Å². The van der Waals surface area contributed by atoms with Crippen molar-refractivity contribution in [3.8, 4) is 5.75 Å². The van der Waals surface area contributed by atoms with Crippen molar-refractivity contribution < 1.29 is 14.6 Å². The zero-order valence-electron chi connectivity index (χ0n) is 8.16. The highest BCUT2D eigenvalue weighted by atomic mass is 79.9. The Bertz CT molecular complexity index is 299. The van der Waals surface area contributed by atoms with Crippen LogP contribution in [0.1, 0.15) is 18.6 Å². The monoisotopic (exact) mass is 260 g/mol. The number of ether oxygens (including phenoxy) is 2. The summed E-state index contributed by atoms with van der Waals surface area (Å²) in [7, 11) is 1.56. The molecule has 0 heterocycles. The minimum Gasteiger partial charge on any atom is -0.467 e. The lowest BCUT2D eigenvalue weighted by atomic mass is 10.1. The molecule has 1 aromatic carbocycles. The van der Waals surface area contributed by atoms with Gasteiger partial charge in [0.25, 0.3) is 0 Å². The van der Waals surface area contributed by atoms with E-state index in [0.717, 1.165) is 10.0 Å². The SMILES string of the molecule is COCOc1ccc(Br)cc1[C@@H](C)O. The van der Waals surface area contributed by atoms with Gasteiger partial charge < -0.3 is 14.6 Å². The molecule has 1 atom stereocenters. The van der Waals surface area contributed by atoms with E-state index in [1.165, 1.54) is 0 Å². The number of aliphatic hydroxyl groups excluding tert-OH is 1. The van der Waals surface area contributed by atoms with Gasteiger partial charge in [-0.15, -0.1) is 0 Å². The molecule has 0 saturated carbocycles. The lowest BCUT2D eigenvalue weighted by Crippen LogP contribution is -2.03. The molecule has 0 fully saturated rings. The number of benzene rings is 1. The van der Waals surface area contributed by atoms with Gasteiger partial charge in [-0.3, -0.25) is 0 Å². The van der Waals surface area contributed by atoms with Crippen LogP contribution < -0.4 is 4.74 Å². The van der Waals surface area contributed by atoms with Crippen LogP contribution in [0.5, 0.6) is 5.75 Å². The average molecular weight is 261 g/mol. The van der Waals surface area contributed by atoms with Gasteiger partial charge in [-0.25, -0.2) is 0 Å². The number of hydrogen-bond acceptors (Lipinski definition) is 3. The van der Waals surface area contributed by atoms with Crippen LogP contribution in [-0.2, 0) is 4.74 Å². The van der Waals surface area contributed by atoms with E-state index in [2.05, 4.69) is 15.9 Å². The predicted molar refractivity (Wildman–Crippen MR) is 57.3 cm³/mol. The average Bonchev–Trinajstić information content (AvgIpc) is 2.15. The molecule has 14 heavy (non-hydrogen) atoms. The maximum absolute atomic E-state index is 9.49. The molecule has 1 aromatic rings. The smallest absolute Gasteiger partial charge is 0.188 e. The Balaban J connectivity index is 2.90. The predicted octanol–water partition coefficient (Wildman–Crippen LogP) is 2.49. The second-order valence-corrected chi connectivity index (χ2v) is 3.82. The molecule has 1 N–H and O–H groups in total. The minimum atomic E-state index is -0.556. The summed E-state index contributed by atoms with van der Waals surface area (Å²) in [6.07, 6.45) is -0.556. The molecule has 78 valence electrons. The van der Waals surface area contributed by atoms with Gasteiger partial charge in [-0.2, -0.15) is 0 Å². The van der Waals surface area contributed by atoms with Crippen molar-refractivity contribution in [3.05, 3.63) is 28.2 Å². The van der Waals surface area contributed by atoms with E-state index in [9.17, 15) is 5.11 Å². The van der Waals surface area contributed by atoms with Crippen LogP contribution in [0.15, 0.2) is 22.7 Å². The largest absolute Gasteiger partial charge is 0.467 e. The van der Waals surface area contributed by atoms with Crippen LogP contribution in [0.4, 0.5) is 0 Å². The molecule has 4 heteroatoms. The molecular weight excluding hydrogens is 248 g/mol. The van der Waals surface area contributed by atoms with Gasteiger partial charge in [-0.05, 0) is 25.1 Å². The van der Waals surface area contributed by atoms with Crippen molar-refractivity contribution in [2.24, 2.45) is 0 Å². The maximum Gasteiger partial charge on any atom is 0.188 e. The summed E-state index contributed by atoms with van der Waals surface area (Å²) >= 11 is 3.33. The lowest BCUT2D eigenvalue weighted by molar-refractivity contribution is 0.0484.